The third-order valence-electron chi connectivity index (χ3n) is 3.58. The number of carbonyl (C=O) groups excluding carboxylic acids is 1. The molecule has 6 heteroatoms. The number of aryl methyl sites for hydroxylation is 2. The molecule has 20 heavy (non-hydrogen) atoms. The average molecular weight is 280 g/mol. The Morgan fingerprint density at radius 1 is 1.45 bits per heavy atom. The second-order valence-electron chi connectivity index (χ2n) is 5.02. The monoisotopic (exact) mass is 280 g/mol. The van der Waals surface area contributed by atoms with Gasteiger partial charge in [-0.15, -0.1) is 0 Å². The molecule has 0 unspecified atom stereocenters. The number of carbonyl (C=O) groups is 1. The molecule has 1 aliphatic rings. The molecule has 0 bridgehead atoms. The zero-order valence-electron chi connectivity index (χ0n) is 12.4. The van der Waals surface area contributed by atoms with Crippen LogP contribution in [-0.2, 0) is 29.5 Å². The zero-order valence-corrected chi connectivity index (χ0v) is 12.4. The van der Waals surface area contributed by atoms with Crippen LogP contribution >= 0.6 is 0 Å². The molecule has 1 amide bonds. The van der Waals surface area contributed by atoms with Gasteiger partial charge in [0.1, 0.15) is 0 Å². The molecule has 1 aromatic heterocycles. The maximum Gasteiger partial charge on any atom is 0.224 e. The molecule has 112 valence electrons. The Hall–Kier alpha value is -1.40. The van der Waals surface area contributed by atoms with E-state index in [1.807, 2.05) is 16.6 Å². The molecule has 1 aliphatic heterocycles. The maximum atomic E-state index is 11.9. The summed E-state index contributed by atoms with van der Waals surface area (Å²) in [6.45, 7) is 6.31. The fraction of sp³-hybridized carbons (Fsp3) is 0.714. The van der Waals surface area contributed by atoms with Crippen molar-refractivity contribution in [2.75, 3.05) is 32.8 Å². The Bertz CT molecular complexity index is 438. The van der Waals surface area contributed by atoms with Crippen LogP contribution in [0.2, 0.25) is 0 Å². The van der Waals surface area contributed by atoms with Crippen LogP contribution in [0.4, 0.5) is 0 Å². The Labute approximate surface area is 120 Å². The Morgan fingerprint density at radius 2 is 2.20 bits per heavy atom. The van der Waals surface area contributed by atoms with Crippen molar-refractivity contribution in [3.63, 3.8) is 0 Å². The molecule has 2 rings (SSSR count). The highest BCUT2D eigenvalue weighted by molar-refractivity contribution is 5.76. The summed E-state index contributed by atoms with van der Waals surface area (Å²) in [5.74, 6) is 0.208. The van der Waals surface area contributed by atoms with Crippen LogP contribution < -0.4 is 5.32 Å². The van der Waals surface area contributed by atoms with Crippen molar-refractivity contribution in [1.82, 2.24) is 20.0 Å². The lowest BCUT2D eigenvalue weighted by Crippen LogP contribution is -2.41. The van der Waals surface area contributed by atoms with Gasteiger partial charge in [0.05, 0.1) is 24.6 Å². The lowest BCUT2D eigenvalue weighted by Gasteiger charge is -2.26. The second-order valence-corrected chi connectivity index (χ2v) is 5.02. The van der Waals surface area contributed by atoms with E-state index in [-0.39, 0.29) is 5.91 Å². The van der Waals surface area contributed by atoms with E-state index in [9.17, 15) is 4.79 Å². The Balaban J connectivity index is 1.67. The first kappa shape index (κ1) is 15.0. The quantitative estimate of drug-likeness (QED) is 0.763. The molecule has 1 aromatic rings. The average Bonchev–Trinajstić information content (AvgIpc) is 2.85. The SMILES string of the molecule is CCc1cc(CNCCC(=O)N2CCOCC2)n(C)n1. The van der Waals surface area contributed by atoms with E-state index in [0.717, 1.165) is 37.4 Å². The molecule has 0 radical (unpaired) electrons. The summed E-state index contributed by atoms with van der Waals surface area (Å²) < 4.78 is 7.14. The van der Waals surface area contributed by atoms with Gasteiger partial charge in [0.15, 0.2) is 0 Å². The first-order chi connectivity index (χ1) is 9.70. The van der Waals surface area contributed by atoms with Crippen molar-refractivity contribution in [1.29, 1.82) is 0 Å². The fourth-order valence-electron chi connectivity index (χ4n) is 2.29. The van der Waals surface area contributed by atoms with E-state index in [1.54, 1.807) is 0 Å². The second kappa shape index (κ2) is 7.40. The van der Waals surface area contributed by atoms with Crippen molar-refractivity contribution in [3.05, 3.63) is 17.5 Å². The molecular formula is C14H24N4O2. The van der Waals surface area contributed by atoms with Gasteiger partial charge in [-0.3, -0.25) is 9.48 Å². The number of ether oxygens (including phenoxy) is 1. The molecule has 0 saturated carbocycles. The number of rotatable bonds is 6. The van der Waals surface area contributed by atoms with Gasteiger partial charge < -0.3 is 15.0 Å². The third kappa shape index (κ3) is 4.05. The van der Waals surface area contributed by atoms with Gasteiger partial charge in [-0.1, -0.05) is 6.92 Å². The van der Waals surface area contributed by atoms with E-state index in [4.69, 9.17) is 4.74 Å². The predicted molar refractivity (Wildman–Crippen MR) is 76.3 cm³/mol. The van der Waals surface area contributed by atoms with E-state index in [1.165, 1.54) is 0 Å². The van der Waals surface area contributed by atoms with Crippen LogP contribution in [0, 0.1) is 0 Å². The van der Waals surface area contributed by atoms with Gasteiger partial charge in [-0.2, -0.15) is 5.10 Å². The van der Waals surface area contributed by atoms with Gasteiger partial charge in [-0.25, -0.2) is 0 Å². The number of morpholine rings is 1. The molecule has 1 N–H and O–H groups in total. The molecule has 1 saturated heterocycles. The van der Waals surface area contributed by atoms with Gasteiger partial charge >= 0.3 is 0 Å². The normalized spacial score (nSPS) is 15.6. The number of aromatic nitrogens is 2. The van der Waals surface area contributed by atoms with Gasteiger partial charge in [0.2, 0.25) is 5.91 Å². The number of nitrogens with one attached hydrogen (secondary N) is 1. The molecule has 1 fully saturated rings. The summed E-state index contributed by atoms with van der Waals surface area (Å²) >= 11 is 0. The van der Waals surface area contributed by atoms with E-state index in [2.05, 4.69) is 23.4 Å². The van der Waals surface area contributed by atoms with Crippen molar-refractivity contribution >= 4 is 5.91 Å². The van der Waals surface area contributed by atoms with Crippen LogP contribution in [0.25, 0.3) is 0 Å². The molecule has 0 atom stereocenters. The molecule has 2 heterocycles. The highest BCUT2D eigenvalue weighted by Gasteiger charge is 2.15. The lowest BCUT2D eigenvalue weighted by molar-refractivity contribution is -0.135. The van der Waals surface area contributed by atoms with Crippen LogP contribution in [0.15, 0.2) is 6.07 Å². The number of hydrogen-bond acceptors (Lipinski definition) is 4. The molecular weight excluding hydrogens is 256 g/mol. The smallest absolute Gasteiger partial charge is 0.224 e. The minimum Gasteiger partial charge on any atom is -0.378 e. The number of nitrogens with zero attached hydrogens (tertiary/aromatic N) is 3. The van der Waals surface area contributed by atoms with Crippen molar-refractivity contribution in [2.24, 2.45) is 7.05 Å². The van der Waals surface area contributed by atoms with Gasteiger partial charge in [-0.05, 0) is 12.5 Å². The van der Waals surface area contributed by atoms with Crippen LogP contribution in [0.3, 0.4) is 0 Å². The highest BCUT2D eigenvalue weighted by Crippen LogP contribution is 2.04. The predicted octanol–water partition coefficient (Wildman–Crippen LogP) is 0.321. The minimum atomic E-state index is 0.208. The summed E-state index contributed by atoms with van der Waals surface area (Å²) in [5.41, 5.74) is 2.26. The zero-order chi connectivity index (χ0) is 14.4. The molecule has 0 aliphatic carbocycles. The summed E-state index contributed by atoms with van der Waals surface area (Å²) in [7, 11) is 1.95. The molecule has 0 spiro atoms. The summed E-state index contributed by atoms with van der Waals surface area (Å²) in [4.78, 5) is 13.8. The largest absolute Gasteiger partial charge is 0.378 e. The van der Waals surface area contributed by atoms with E-state index >= 15 is 0 Å². The van der Waals surface area contributed by atoms with Crippen molar-refractivity contribution in [3.8, 4) is 0 Å². The third-order valence-corrected chi connectivity index (χ3v) is 3.58. The summed E-state index contributed by atoms with van der Waals surface area (Å²) in [6.07, 6.45) is 1.49. The number of hydrogen-bond donors (Lipinski definition) is 1. The van der Waals surface area contributed by atoms with E-state index < -0.39 is 0 Å². The highest BCUT2D eigenvalue weighted by atomic mass is 16.5. The van der Waals surface area contributed by atoms with Crippen LogP contribution in [0.1, 0.15) is 24.7 Å². The van der Waals surface area contributed by atoms with E-state index in [0.29, 0.717) is 26.2 Å². The number of amides is 1. The van der Waals surface area contributed by atoms with Crippen LogP contribution in [-0.4, -0.2) is 53.4 Å². The first-order valence-electron chi connectivity index (χ1n) is 7.28. The van der Waals surface area contributed by atoms with Gasteiger partial charge in [0.25, 0.3) is 0 Å². The lowest BCUT2D eigenvalue weighted by atomic mass is 10.3. The summed E-state index contributed by atoms with van der Waals surface area (Å²) in [5, 5.41) is 7.71. The van der Waals surface area contributed by atoms with Crippen LogP contribution in [0.5, 0.6) is 0 Å². The Kier molecular flexibility index (Phi) is 5.55. The summed E-state index contributed by atoms with van der Waals surface area (Å²) in [6, 6.07) is 2.11. The molecule has 6 nitrogen and oxygen atoms in total. The minimum absolute atomic E-state index is 0.208. The fourth-order valence-corrected chi connectivity index (χ4v) is 2.29. The Morgan fingerprint density at radius 3 is 2.85 bits per heavy atom. The standard InChI is InChI=1S/C14H24N4O2/c1-3-12-10-13(17(2)16-12)11-15-5-4-14(19)18-6-8-20-9-7-18/h10,15H,3-9,11H2,1-2H3. The maximum absolute atomic E-state index is 11.9. The first-order valence-corrected chi connectivity index (χ1v) is 7.28. The molecule has 0 aromatic carbocycles. The van der Waals surface area contributed by atoms with Gasteiger partial charge in [0, 0.05) is 39.6 Å². The van der Waals surface area contributed by atoms with Crippen molar-refractivity contribution in [2.45, 2.75) is 26.3 Å². The topological polar surface area (TPSA) is 59.4 Å². The van der Waals surface area contributed by atoms with Crippen molar-refractivity contribution < 1.29 is 9.53 Å².